The first-order chi connectivity index (χ1) is 10.5. The van der Waals surface area contributed by atoms with E-state index in [1.807, 2.05) is 13.8 Å². The van der Waals surface area contributed by atoms with Crippen LogP contribution in [0.5, 0.6) is 0 Å². The second-order valence-electron chi connectivity index (χ2n) is 5.03. The minimum atomic E-state index is -0.920. The van der Waals surface area contributed by atoms with Crippen molar-refractivity contribution in [2.75, 3.05) is 5.32 Å². The van der Waals surface area contributed by atoms with Gasteiger partial charge in [0.05, 0.1) is 11.8 Å². The van der Waals surface area contributed by atoms with Crippen molar-refractivity contribution in [3.63, 3.8) is 0 Å². The van der Waals surface area contributed by atoms with Crippen molar-refractivity contribution in [1.82, 2.24) is 14.8 Å². The predicted molar refractivity (Wildman–Crippen MR) is 80.4 cm³/mol. The fourth-order valence-electron chi connectivity index (χ4n) is 1.82. The van der Waals surface area contributed by atoms with Gasteiger partial charge in [-0.05, 0) is 32.9 Å². The maximum atomic E-state index is 12.1. The number of pyridine rings is 1. The van der Waals surface area contributed by atoms with Crippen LogP contribution in [0.25, 0.3) is 0 Å². The molecule has 1 atom stereocenters. The van der Waals surface area contributed by atoms with Crippen LogP contribution in [-0.4, -0.2) is 32.7 Å². The van der Waals surface area contributed by atoms with Gasteiger partial charge in [-0.3, -0.25) is 9.78 Å². The van der Waals surface area contributed by atoms with Crippen LogP contribution in [0, 0.1) is 0 Å². The number of aromatic nitrogens is 3. The number of nitrogens with one attached hydrogen (secondary N) is 1. The highest BCUT2D eigenvalue weighted by atomic mass is 16.5. The summed E-state index contributed by atoms with van der Waals surface area (Å²) in [5, 5.41) is 6.82. The van der Waals surface area contributed by atoms with Crippen LogP contribution in [0.4, 0.5) is 5.82 Å². The summed E-state index contributed by atoms with van der Waals surface area (Å²) >= 11 is 0. The minimum Gasteiger partial charge on any atom is -0.449 e. The first kappa shape index (κ1) is 15.7. The highest BCUT2D eigenvalue weighted by Crippen LogP contribution is 2.14. The molecule has 0 saturated carbocycles. The van der Waals surface area contributed by atoms with E-state index in [2.05, 4.69) is 15.4 Å². The minimum absolute atomic E-state index is 0.111. The summed E-state index contributed by atoms with van der Waals surface area (Å²) in [7, 11) is 0. The quantitative estimate of drug-likeness (QED) is 0.854. The van der Waals surface area contributed by atoms with Gasteiger partial charge in [0.2, 0.25) is 0 Å². The number of esters is 1. The standard InChI is InChI=1S/C15H18N4O3/c1-10(2)19-13(6-9-17-19)18-14(20)11(3)22-15(21)12-4-7-16-8-5-12/h4-11H,1-3H3,(H,18,20)/t11-/m1/s1. The van der Waals surface area contributed by atoms with E-state index in [4.69, 9.17) is 4.74 Å². The number of anilines is 1. The molecule has 22 heavy (non-hydrogen) atoms. The van der Waals surface area contributed by atoms with Crippen molar-refractivity contribution < 1.29 is 14.3 Å². The molecule has 0 spiro atoms. The summed E-state index contributed by atoms with van der Waals surface area (Å²) in [6.45, 7) is 5.43. The fraction of sp³-hybridized carbons (Fsp3) is 0.333. The zero-order chi connectivity index (χ0) is 16.1. The lowest BCUT2D eigenvalue weighted by molar-refractivity contribution is -0.123. The maximum Gasteiger partial charge on any atom is 0.339 e. The predicted octanol–water partition coefficient (Wildman–Crippen LogP) is 2.04. The summed E-state index contributed by atoms with van der Waals surface area (Å²) in [6, 6.07) is 4.86. The van der Waals surface area contributed by atoms with Crippen molar-refractivity contribution in [3.8, 4) is 0 Å². The molecule has 1 amide bonds. The molecule has 0 aliphatic rings. The van der Waals surface area contributed by atoms with Gasteiger partial charge in [0.25, 0.3) is 5.91 Å². The molecule has 0 saturated heterocycles. The van der Waals surface area contributed by atoms with E-state index in [-0.39, 0.29) is 6.04 Å². The van der Waals surface area contributed by atoms with Crippen LogP contribution in [0.3, 0.4) is 0 Å². The molecule has 0 aromatic carbocycles. The Hall–Kier alpha value is -2.70. The van der Waals surface area contributed by atoms with Crippen LogP contribution in [0.1, 0.15) is 37.2 Å². The first-order valence-electron chi connectivity index (χ1n) is 6.94. The Kier molecular flexibility index (Phi) is 4.88. The summed E-state index contributed by atoms with van der Waals surface area (Å²) in [4.78, 5) is 27.8. The molecule has 0 aliphatic heterocycles. The van der Waals surface area contributed by atoms with Gasteiger partial charge in [-0.25, -0.2) is 9.48 Å². The summed E-state index contributed by atoms with van der Waals surface area (Å²) < 4.78 is 6.81. The molecule has 2 heterocycles. The van der Waals surface area contributed by atoms with Crippen molar-refractivity contribution in [2.24, 2.45) is 0 Å². The summed E-state index contributed by atoms with van der Waals surface area (Å²) in [6.07, 6.45) is 3.66. The Morgan fingerprint density at radius 3 is 2.45 bits per heavy atom. The van der Waals surface area contributed by atoms with Crippen LogP contribution in [0.15, 0.2) is 36.8 Å². The second-order valence-corrected chi connectivity index (χ2v) is 5.03. The molecule has 2 aromatic heterocycles. The Balaban J connectivity index is 1.98. The number of hydrogen-bond acceptors (Lipinski definition) is 5. The van der Waals surface area contributed by atoms with Crippen LogP contribution >= 0.6 is 0 Å². The number of carbonyl (C=O) groups excluding carboxylic acids is 2. The van der Waals surface area contributed by atoms with Gasteiger partial charge in [0.15, 0.2) is 6.10 Å². The van der Waals surface area contributed by atoms with E-state index < -0.39 is 18.0 Å². The molecule has 0 unspecified atom stereocenters. The second kappa shape index (κ2) is 6.84. The van der Waals surface area contributed by atoms with Crippen molar-refractivity contribution >= 4 is 17.7 Å². The highest BCUT2D eigenvalue weighted by Gasteiger charge is 2.20. The van der Waals surface area contributed by atoms with Gasteiger partial charge < -0.3 is 10.1 Å². The lowest BCUT2D eigenvalue weighted by atomic mass is 10.3. The van der Waals surface area contributed by atoms with Crippen LogP contribution in [-0.2, 0) is 9.53 Å². The lowest BCUT2D eigenvalue weighted by Crippen LogP contribution is -2.31. The SMILES string of the molecule is CC(C)n1nccc1NC(=O)[C@@H](C)OC(=O)c1ccncc1. The third-order valence-electron chi connectivity index (χ3n) is 2.98. The Morgan fingerprint density at radius 1 is 1.14 bits per heavy atom. The van der Waals surface area contributed by atoms with Crippen LogP contribution in [0.2, 0.25) is 0 Å². The molecule has 1 N–H and O–H groups in total. The van der Waals surface area contributed by atoms with Crippen molar-refractivity contribution in [2.45, 2.75) is 32.9 Å². The van der Waals surface area contributed by atoms with Crippen LogP contribution < -0.4 is 5.32 Å². The normalized spacial score (nSPS) is 12.0. The number of amides is 1. The Bertz CT molecular complexity index is 652. The third kappa shape index (κ3) is 3.69. The molecular formula is C15H18N4O3. The average Bonchev–Trinajstić information content (AvgIpc) is 2.96. The number of ether oxygens (including phenoxy) is 1. The summed E-state index contributed by atoms with van der Waals surface area (Å²) in [5.41, 5.74) is 0.349. The molecule has 7 nitrogen and oxygen atoms in total. The zero-order valence-electron chi connectivity index (χ0n) is 12.7. The fourth-order valence-corrected chi connectivity index (χ4v) is 1.82. The van der Waals surface area contributed by atoms with Gasteiger partial charge in [-0.2, -0.15) is 5.10 Å². The van der Waals surface area contributed by atoms with E-state index in [9.17, 15) is 9.59 Å². The van der Waals surface area contributed by atoms with Gasteiger partial charge >= 0.3 is 5.97 Å². The monoisotopic (exact) mass is 302 g/mol. The lowest BCUT2D eigenvalue weighted by Gasteiger charge is -2.15. The van der Waals surface area contributed by atoms with E-state index >= 15 is 0 Å². The molecule has 116 valence electrons. The van der Waals surface area contributed by atoms with Crippen molar-refractivity contribution in [1.29, 1.82) is 0 Å². The number of carbonyl (C=O) groups is 2. The molecular weight excluding hydrogens is 284 g/mol. The van der Waals surface area contributed by atoms with Gasteiger partial charge in [0, 0.05) is 24.5 Å². The molecule has 7 heteroatoms. The number of nitrogens with zero attached hydrogens (tertiary/aromatic N) is 3. The molecule has 2 aromatic rings. The third-order valence-corrected chi connectivity index (χ3v) is 2.98. The molecule has 0 aliphatic carbocycles. The maximum absolute atomic E-state index is 12.1. The molecule has 0 bridgehead atoms. The number of rotatable bonds is 5. The topological polar surface area (TPSA) is 86.1 Å². The van der Waals surface area contributed by atoms with E-state index in [1.54, 1.807) is 16.9 Å². The van der Waals surface area contributed by atoms with Gasteiger partial charge in [0.1, 0.15) is 5.82 Å². The number of hydrogen-bond donors (Lipinski definition) is 1. The van der Waals surface area contributed by atoms with E-state index in [1.165, 1.54) is 31.5 Å². The largest absolute Gasteiger partial charge is 0.449 e. The van der Waals surface area contributed by atoms with Gasteiger partial charge in [-0.1, -0.05) is 0 Å². The zero-order valence-corrected chi connectivity index (χ0v) is 12.7. The molecule has 2 rings (SSSR count). The Labute approximate surface area is 128 Å². The van der Waals surface area contributed by atoms with E-state index in [0.717, 1.165) is 0 Å². The van der Waals surface area contributed by atoms with Crippen molar-refractivity contribution in [3.05, 3.63) is 42.4 Å². The van der Waals surface area contributed by atoms with E-state index in [0.29, 0.717) is 11.4 Å². The molecule has 0 radical (unpaired) electrons. The van der Waals surface area contributed by atoms with Gasteiger partial charge in [-0.15, -0.1) is 0 Å². The first-order valence-corrected chi connectivity index (χ1v) is 6.94. The Morgan fingerprint density at radius 2 is 1.82 bits per heavy atom. The summed E-state index contributed by atoms with van der Waals surface area (Å²) in [5.74, 6) is -0.418. The highest BCUT2D eigenvalue weighted by molar-refractivity contribution is 5.96. The molecule has 0 fully saturated rings. The average molecular weight is 302 g/mol. The smallest absolute Gasteiger partial charge is 0.339 e.